The molecule has 1 amide bonds. The molecule has 2 unspecified atom stereocenters. The van der Waals surface area contributed by atoms with Crippen LogP contribution in [0.3, 0.4) is 0 Å². The van der Waals surface area contributed by atoms with Crippen molar-refractivity contribution < 1.29 is 9.53 Å². The third kappa shape index (κ3) is 5.17. The van der Waals surface area contributed by atoms with Crippen molar-refractivity contribution in [1.29, 1.82) is 0 Å². The molecule has 2 aliphatic heterocycles. The van der Waals surface area contributed by atoms with Crippen LogP contribution in [0.25, 0.3) is 11.0 Å². The van der Waals surface area contributed by atoms with Gasteiger partial charge in [0, 0.05) is 69.3 Å². The van der Waals surface area contributed by atoms with Crippen molar-refractivity contribution in [2.75, 3.05) is 61.4 Å². The number of carbonyl (C=O) groups excluding carboxylic acids is 1. The van der Waals surface area contributed by atoms with Gasteiger partial charge in [0.15, 0.2) is 0 Å². The molecule has 212 valence electrons. The van der Waals surface area contributed by atoms with Crippen molar-refractivity contribution in [3.63, 3.8) is 0 Å². The number of likely N-dealkylation sites (N-methyl/N-ethyl adjacent to an activating group) is 1. The first-order valence-corrected chi connectivity index (χ1v) is 14.0. The number of piperazine rings is 2. The van der Waals surface area contributed by atoms with Crippen LogP contribution in [0.4, 0.5) is 27.8 Å². The fraction of sp³-hybridized carbons (Fsp3) is 0.517. The second-order valence-corrected chi connectivity index (χ2v) is 12.1. The average Bonchev–Trinajstić information content (AvgIpc) is 3.72. The van der Waals surface area contributed by atoms with Gasteiger partial charge in [-0.2, -0.15) is 4.98 Å². The van der Waals surface area contributed by atoms with Crippen LogP contribution < -0.4 is 20.7 Å². The zero-order valence-electron chi connectivity index (χ0n) is 23.9. The fourth-order valence-electron chi connectivity index (χ4n) is 5.68. The lowest BCUT2D eigenvalue weighted by Crippen LogP contribution is -2.51. The van der Waals surface area contributed by atoms with E-state index in [-0.39, 0.29) is 23.7 Å². The summed E-state index contributed by atoms with van der Waals surface area (Å²) in [4.78, 5) is 44.0. The minimum Gasteiger partial charge on any atom is -0.444 e. The van der Waals surface area contributed by atoms with Crippen LogP contribution in [0, 0.1) is 0 Å². The molecular formula is C29H38N8O3. The molecule has 3 fully saturated rings. The van der Waals surface area contributed by atoms with Gasteiger partial charge in [0.05, 0.1) is 12.1 Å². The van der Waals surface area contributed by atoms with Crippen LogP contribution in [0.2, 0.25) is 0 Å². The Kier molecular flexibility index (Phi) is 6.56. The molecule has 2 atom stereocenters. The number of rotatable bonds is 4. The number of nitrogens with one attached hydrogen (secondary N) is 1. The van der Waals surface area contributed by atoms with E-state index in [1.54, 1.807) is 22.7 Å². The summed E-state index contributed by atoms with van der Waals surface area (Å²) in [5, 5.41) is 4.07. The van der Waals surface area contributed by atoms with Crippen LogP contribution in [0.15, 0.2) is 41.3 Å². The third-order valence-electron chi connectivity index (χ3n) is 7.97. The van der Waals surface area contributed by atoms with E-state index in [1.165, 1.54) is 5.69 Å². The van der Waals surface area contributed by atoms with Crippen molar-refractivity contribution in [2.24, 2.45) is 7.05 Å². The molecule has 3 aromatic rings. The molecule has 1 N–H and O–H groups in total. The lowest BCUT2D eigenvalue weighted by molar-refractivity contribution is 0.0218. The van der Waals surface area contributed by atoms with E-state index < -0.39 is 5.60 Å². The van der Waals surface area contributed by atoms with E-state index in [1.807, 2.05) is 39.0 Å². The van der Waals surface area contributed by atoms with E-state index in [2.05, 4.69) is 49.2 Å². The average molecular weight is 547 g/mol. The summed E-state index contributed by atoms with van der Waals surface area (Å²) in [6, 6.07) is 10.4. The molecule has 1 aromatic carbocycles. The fourth-order valence-corrected chi connectivity index (χ4v) is 5.68. The highest BCUT2D eigenvalue weighted by molar-refractivity contribution is 5.80. The molecule has 1 saturated carbocycles. The smallest absolute Gasteiger partial charge is 0.410 e. The Balaban J connectivity index is 1.17. The molecule has 2 saturated heterocycles. The maximum Gasteiger partial charge on any atom is 0.410 e. The van der Waals surface area contributed by atoms with Crippen molar-refractivity contribution in [2.45, 2.75) is 44.9 Å². The molecule has 40 heavy (non-hydrogen) atoms. The number of aromatic nitrogens is 3. The zero-order valence-corrected chi connectivity index (χ0v) is 23.9. The minimum atomic E-state index is -0.533. The second kappa shape index (κ2) is 9.96. The van der Waals surface area contributed by atoms with Gasteiger partial charge in [0.2, 0.25) is 5.95 Å². The largest absolute Gasteiger partial charge is 0.444 e. The molecule has 11 heteroatoms. The molecule has 1 aliphatic carbocycles. The standard InChI is InChI=1S/C29H38N8O3/c1-29(2,3)40-28(39)37-15-14-36(22-17-23(22)37)24-16-19-18-30-27(32-25(19)34(5)26(24)38)31-20-6-8-21(9-7-20)35-12-10-33(4)11-13-35/h6-9,16,18,22-23H,10-15,17H2,1-5H3,(H,30,31,32). The summed E-state index contributed by atoms with van der Waals surface area (Å²) in [5.74, 6) is 0.441. The molecule has 3 aliphatic rings. The zero-order chi connectivity index (χ0) is 28.2. The molecule has 4 heterocycles. The first-order chi connectivity index (χ1) is 19.1. The normalized spacial score (nSPS) is 21.4. The lowest BCUT2D eigenvalue weighted by atomic mass is 10.2. The SMILES string of the molecule is CN1CCN(c2ccc(Nc3ncc4cc(N5CCN(C(=O)OC(C)(C)C)C6CC65)c(=O)n(C)c4n3)cc2)CC1. The van der Waals surface area contributed by atoms with E-state index >= 15 is 0 Å². The van der Waals surface area contributed by atoms with Crippen LogP contribution in [-0.2, 0) is 11.8 Å². The first-order valence-electron chi connectivity index (χ1n) is 14.0. The highest BCUT2D eigenvalue weighted by Crippen LogP contribution is 2.39. The number of amides is 1. The number of fused-ring (bicyclic) bond motifs is 2. The molecule has 11 nitrogen and oxygen atoms in total. The second-order valence-electron chi connectivity index (χ2n) is 12.1. The minimum absolute atomic E-state index is 0.0643. The van der Waals surface area contributed by atoms with Crippen LogP contribution in [0.5, 0.6) is 0 Å². The number of hydrogen-bond acceptors (Lipinski definition) is 9. The molecular weight excluding hydrogens is 508 g/mol. The maximum absolute atomic E-state index is 13.5. The Hall–Kier alpha value is -3.86. The van der Waals surface area contributed by atoms with Crippen LogP contribution >= 0.6 is 0 Å². The van der Waals surface area contributed by atoms with E-state index in [4.69, 9.17) is 4.74 Å². The lowest BCUT2D eigenvalue weighted by Gasteiger charge is -2.36. The van der Waals surface area contributed by atoms with E-state index in [0.29, 0.717) is 30.4 Å². The van der Waals surface area contributed by atoms with Gasteiger partial charge in [-0.1, -0.05) is 0 Å². The van der Waals surface area contributed by atoms with Gasteiger partial charge in [0.25, 0.3) is 5.56 Å². The maximum atomic E-state index is 13.5. The summed E-state index contributed by atoms with van der Waals surface area (Å²) >= 11 is 0. The number of carbonyl (C=O) groups is 1. The molecule has 6 rings (SSSR count). The van der Waals surface area contributed by atoms with Crippen LogP contribution in [0.1, 0.15) is 27.2 Å². The highest BCUT2D eigenvalue weighted by Gasteiger charge is 2.52. The summed E-state index contributed by atoms with van der Waals surface area (Å²) in [6.07, 6.45) is 2.30. The number of pyridine rings is 1. The number of anilines is 4. The van der Waals surface area contributed by atoms with E-state index in [0.717, 1.165) is 43.7 Å². The van der Waals surface area contributed by atoms with Crippen molar-refractivity contribution >= 4 is 40.1 Å². The summed E-state index contributed by atoms with van der Waals surface area (Å²) < 4.78 is 7.17. The van der Waals surface area contributed by atoms with E-state index in [9.17, 15) is 9.59 Å². The van der Waals surface area contributed by atoms with Gasteiger partial charge >= 0.3 is 6.09 Å². The van der Waals surface area contributed by atoms with Gasteiger partial charge in [0.1, 0.15) is 16.9 Å². The number of nitrogens with zero attached hydrogens (tertiary/aromatic N) is 7. The quantitative estimate of drug-likeness (QED) is 0.529. The number of benzene rings is 1. The number of ether oxygens (including phenoxy) is 1. The highest BCUT2D eigenvalue weighted by atomic mass is 16.6. The monoisotopic (exact) mass is 546 g/mol. The summed E-state index contributed by atoms with van der Waals surface area (Å²) in [6.45, 7) is 10.9. The van der Waals surface area contributed by atoms with Crippen molar-refractivity contribution in [3.8, 4) is 0 Å². The summed E-state index contributed by atoms with van der Waals surface area (Å²) in [5.41, 5.74) is 2.65. The van der Waals surface area contributed by atoms with Crippen LogP contribution in [-0.4, -0.2) is 94.4 Å². The Morgan fingerprint density at radius 1 is 1.00 bits per heavy atom. The Labute approximate surface area is 234 Å². The third-order valence-corrected chi connectivity index (χ3v) is 7.97. The van der Waals surface area contributed by atoms with Gasteiger partial charge in [-0.05, 0) is 64.6 Å². The van der Waals surface area contributed by atoms with Gasteiger partial charge in [-0.15, -0.1) is 0 Å². The molecule has 0 bridgehead atoms. The Bertz CT molecular complexity index is 1470. The molecule has 0 radical (unpaired) electrons. The predicted octanol–water partition coefficient (Wildman–Crippen LogP) is 3.02. The number of aryl methyl sites for hydroxylation is 1. The van der Waals surface area contributed by atoms with Crippen molar-refractivity contribution in [3.05, 3.63) is 46.9 Å². The molecule has 0 spiro atoms. The number of hydrogen-bond donors (Lipinski definition) is 1. The first kappa shape index (κ1) is 26.4. The topological polar surface area (TPSA) is 99.1 Å². The van der Waals surface area contributed by atoms with Gasteiger partial charge < -0.3 is 29.7 Å². The van der Waals surface area contributed by atoms with Gasteiger partial charge in [-0.3, -0.25) is 9.36 Å². The Morgan fingerprint density at radius 3 is 2.42 bits per heavy atom. The van der Waals surface area contributed by atoms with Crippen molar-refractivity contribution in [1.82, 2.24) is 24.3 Å². The van der Waals surface area contributed by atoms with Gasteiger partial charge in [-0.25, -0.2) is 9.78 Å². The predicted molar refractivity (Wildman–Crippen MR) is 157 cm³/mol. The summed E-state index contributed by atoms with van der Waals surface area (Å²) in [7, 11) is 3.90. The Morgan fingerprint density at radius 2 is 1.73 bits per heavy atom. The molecule has 2 aromatic heterocycles.